The number of amides is 2. The lowest BCUT2D eigenvalue weighted by Crippen LogP contribution is -2.25. The molecule has 0 unspecified atom stereocenters. The van der Waals surface area contributed by atoms with Crippen LogP contribution in [0.25, 0.3) is 11.0 Å². The molecule has 1 aliphatic heterocycles. The molecule has 136 valence electrons. The number of benzene rings is 2. The van der Waals surface area contributed by atoms with Crippen LogP contribution in [-0.2, 0) is 11.2 Å². The van der Waals surface area contributed by atoms with Crippen molar-refractivity contribution in [2.24, 2.45) is 0 Å². The minimum absolute atomic E-state index is 0.0355. The molecule has 2 aromatic carbocycles. The molecule has 1 aromatic heterocycles. The quantitative estimate of drug-likeness (QED) is 0.760. The zero-order valence-corrected chi connectivity index (χ0v) is 15.5. The lowest BCUT2D eigenvalue weighted by atomic mass is 10.1. The smallest absolute Gasteiger partial charge is 0.255 e. The van der Waals surface area contributed by atoms with Gasteiger partial charge in [-0.05, 0) is 62.2 Å². The summed E-state index contributed by atoms with van der Waals surface area (Å²) in [6.45, 7) is 6.08. The average Bonchev–Trinajstić information content (AvgIpc) is 3.05. The summed E-state index contributed by atoms with van der Waals surface area (Å²) in [4.78, 5) is 35.1. The van der Waals surface area contributed by atoms with E-state index in [1.165, 1.54) is 0 Å². The van der Waals surface area contributed by atoms with E-state index in [4.69, 9.17) is 0 Å². The summed E-state index contributed by atoms with van der Waals surface area (Å²) in [5.41, 5.74) is 6.46. The van der Waals surface area contributed by atoms with E-state index in [1.807, 2.05) is 38.1 Å². The molecule has 1 N–H and O–H groups in total. The average molecular weight is 360 g/mol. The minimum atomic E-state index is -0.196. The fourth-order valence-corrected chi connectivity index (χ4v) is 3.38. The predicted molar refractivity (Wildman–Crippen MR) is 105 cm³/mol. The van der Waals surface area contributed by atoms with E-state index < -0.39 is 0 Å². The Morgan fingerprint density at radius 3 is 2.48 bits per heavy atom. The Kier molecular flexibility index (Phi) is 4.11. The highest BCUT2D eigenvalue weighted by molar-refractivity contribution is 6.06. The summed E-state index contributed by atoms with van der Waals surface area (Å²) in [7, 11) is 0. The van der Waals surface area contributed by atoms with Crippen molar-refractivity contribution >= 4 is 34.2 Å². The van der Waals surface area contributed by atoms with Crippen LogP contribution < -0.4 is 10.2 Å². The summed E-state index contributed by atoms with van der Waals surface area (Å²) in [5, 5.41) is 2.93. The van der Waals surface area contributed by atoms with Crippen LogP contribution in [0.5, 0.6) is 0 Å². The third kappa shape index (κ3) is 3.14. The molecule has 0 spiro atoms. The number of anilines is 2. The van der Waals surface area contributed by atoms with Gasteiger partial charge in [0.25, 0.3) is 5.91 Å². The summed E-state index contributed by atoms with van der Waals surface area (Å²) < 4.78 is 0. The van der Waals surface area contributed by atoms with Gasteiger partial charge in [0.2, 0.25) is 5.91 Å². The maximum Gasteiger partial charge on any atom is 0.255 e. The molecule has 0 radical (unpaired) electrons. The molecular formula is C21H20N4O2. The highest BCUT2D eigenvalue weighted by Gasteiger charge is 2.22. The van der Waals surface area contributed by atoms with E-state index in [-0.39, 0.29) is 11.8 Å². The van der Waals surface area contributed by atoms with E-state index in [1.54, 1.807) is 24.0 Å². The molecule has 6 heteroatoms. The van der Waals surface area contributed by atoms with Crippen molar-refractivity contribution < 1.29 is 9.59 Å². The molecule has 0 fully saturated rings. The van der Waals surface area contributed by atoms with Crippen molar-refractivity contribution in [3.8, 4) is 0 Å². The topological polar surface area (TPSA) is 75.2 Å². The van der Waals surface area contributed by atoms with Crippen LogP contribution >= 0.6 is 0 Å². The summed E-state index contributed by atoms with van der Waals surface area (Å²) >= 11 is 0. The Bertz CT molecular complexity index is 1090. The van der Waals surface area contributed by atoms with E-state index in [2.05, 4.69) is 15.3 Å². The number of nitrogens with zero attached hydrogens (tertiary/aromatic N) is 3. The SMILES string of the molecule is CC(=O)N1CCc2cc(NC(=O)c3ccc4nc(C)c(C)nc4c3)ccc21. The van der Waals surface area contributed by atoms with Gasteiger partial charge in [-0.3, -0.25) is 9.59 Å². The van der Waals surface area contributed by atoms with Crippen molar-refractivity contribution in [3.05, 3.63) is 58.9 Å². The Balaban J connectivity index is 1.58. The maximum atomic E-state index is 12.7. The van der Waals surface area contributed by atoms with Gasteiger partial charge < -0.3 is 10.2 Å². The largest absolute Gasteiger partial charge is 0.322 e. The van der Waals surface area contributed by atoms with Gasteiger partial charge >= 0.3 is 0 Å². The van der Waals surface area contributed by atoms with Crippen molar-refractivity contribution in [2.45, 2.75) is 27.2 Å². The molecule has 0 atom stereocenters. The number of fused-ring (bicyclic) bond motifs is 2. The second-order valence-corrected chi connectivity index (χ2v) is 6.82. The summed E-state index contributed by atoms with van der Waals surface area (Å²) in [5.74, 6) is -0.161. The van der Waals surface area contributed by atoms with E-state index in [0.29, 0.717) is 17.6 Å². The molecule has 0 bridgehead atoms. The highest BCUT2D eigenvalue weighted by Crippen LogP contribution is 2.30. The first-order valence-corrected chi connectivity index (χ1v) is 8.90. The lowest BCUT2D eigenvalue weighted by Gasteiger charge is -2.15. The van der Waals surface area contributed by atoms with Crippen molar-refractivity contribution in [2.75, 3.05) is 16.8 Å². The third-order valence-electron chi connectivity index (χ3n) is 4.95. The highest BCUT2D eigenvalue weighted by atomic mass is 16.2. The van der Waals surface area contributed by atoms with Crippen LogP contribution in [0.1, 0.15) is 34.2 Å². The monoisotopic (exact) mass is 360 g/mol. The van der Waals surface area contributed by atoms with Gasteiger partial charge in [-0.2, -0.15) is 0 Å². The second-order valence-electron chi connectivity index (χ2n) is 6.82. The maximum absolute atomic E-state index is 12.7. The second kappa shape index (κ2) is 6.46. The van der Waals surface area contributed by atoms with Crippen LogP contribution in [0.2, 0.25) is 0 Å². The zero-order chi connectivity index (χ0) is 19.1. The number of aromatic nitrogens is 2. The van der Waals surface area contributed by atoms with Crippen LogP contribution in [0.4, 0.5) is 11.4 Å². The molecule has 27 heavy (non-hydrogen) atoms. The Morgan fingerprint density at radius 1 is 1.00 bits per heavy atom. The van der Waals surface area contributed by atoms with Crippen LogP contribution in [0.15, 0.2) is 36.4 Å². The third-order valence-corrected chi connectivity index (χ3v) is 4.95. The predicted octanol–water partition coefficient (Wildman–Crippen LogP) is 3.41. The van der Waals surface area contributed by atoms with Gasteiger partial charge in [-0.1, -0.05) is 0 Å². The molecule has 0 saturated heterocycles. The van der Waals surface area contributed by atoms with Gasteiger partial charge in [0.15, 0.2) is 0 Å². The lowest BCUT2D eigenvalue weighted by molar-refractivity contribution is -0.116. The first kappa shape index (κ1) is 17.1. The van der Waals surface area contributed by atoms with E-state index in [9.17, 15) is 9.59 Å². The Labute approximate surface area is 157 Å². The van der Waals surface area contributed by atoms with Crippen LogP contribution in [0, 0.1) is 13.8 Å². The van der Waals surface area contributed by atoms with Crippen molar-refractivity contribution in [1.29, 1.82) is 0 Å². The molecule has 0 saturated carbocycles. The zero-order valence-electron chi connectivity index (χ0n) is 15.5. The van der Waals surface area contributed by atoms with Gasteiger partial charge in [0.05, 0.1) is 22.4 Å². The number of hydrogen-bond donors (Lipinski definition) is 1. The molecule has 2 amide bonds. The fraction of sp³-hybridized carbons (Fsp3) is 0.238. The molecule has 2 heterocycles. The summed E-state index contributed by atoms with van der Waals surface area (Å²) in [6, 6.07) is 11.0. The molecule has 6 nitrogen and oxygen atoms in total. The Hall–Kier alpha value is -3.28. The fourth-order valence-electron chi connectivity index (χ4n) is 3.38. The van der Waals surface area contributed by atoms with Crippen molar-refractivity contribution in [1.82, 2.24) is 9.97 Å². The number of aryl methyl sites for hydroxylation is 2. The number of carbonyl (C=O) groups excluding carboxylic acids is 2. The van der Waals surface area contributed by atoms with E-state index >= 15 is 0 Å². The minimum Gasteiger partial charge on any atom is -0.322 e. The van der Waals surface area contributed by atoms with Gasteiger partial charge in [-0.25, -0.2) is 9.97 Å². The van der Waals surface area contributed by atoms with Crippen LogP contribution in [-0.4, -0.2) is 28.3 Å². The molecule has 0 aliphatic carbocycles. The number of rotatable bonds is 2. The first-order valence-electron chi connectivity index (χ1n) is 8.90. The van der Waals surface area contributed by atoms with Gasteiger partial charge in [0, 0.05) is 30.4 Å². The Morgan fingerprint density at radius 2 is 1.74 bits per heavy atom. The molecule has 4 rings (SSSR count). The van der Waals surface area contributed by atoms with Gasteiger partial charge in [0.1, 0.15) is 0 Å². The standard InChI is InChI=1S/C21H20N4O2/c1-12-13(2)23-19-11-16(4-6-18(19)22-12)21(27)24-17-5-7-20-15(10-17)8-9-25(20)14(3)26/h4-7,10-11H,8-9H2,1-3H3,(H,24,27). The van der Waals surface area contributed by atoms with Crippen LogP contribution in [0.3, 0.4) is 0 Å². The molecular weight excluding hydrogens is 340 g/mol. The molecule has 1 aliphatic rings. The normalized spacial score (nSPS) is 12.9. The number of carbonyl (C=O) groups is 2. The van der Waals surface area contributed by atoms with Gasteiger partial charge in [-0.15, -0.1) is 0 Å². The molecule has 3 aromatic rings. The number of nitrogens with one attached hydrogen (secondary N) is 1. The van der Waals surface area contributed by atoms with Crippen molar-refractivity contribution in [3.63, 3.8) is 0 Å². The number of hydrogen-bond acceptors (Lipinski definition) is 4. The first-order chi connectivity index (χ1) is 12.9. The summed E-state index contributed by atoms with van der Waals surface area (Å²) in [6.07, 6.45) is 0.794. The van der Waals surface area contributed by atoms with E-state index in [0.717, 1.165) is 40.3 Å².